The number of likely N-dealkylation sites (tertiary alicyclic amines) is 1. The molecule has 114 valence electrons. The number of hydrogen-bond donors (Lipinski definition) is 1. The fourth-order valence-electron chi connectivity index (χ4n) is 3.11. The van der Waals surface area contributed by atoms with E-state index in [1.807, 2.05) is 12.3 Å². The maximum Gasteiger partial charge on any atom is 0.0947 e. The van der Waals surface area contributed by atoms with Gasteiger partial charge >= 0.3 is 0 Å². The molecular formula is C17H30N2O. The maximum absolute atomic E-state index is 5.07. The third-order valence-electron chi connectivity index (χ3n) is 4.56. The van der Waals surface area contributed by atoms with Crippen molar-refractivity contribution >= 4 is 0 Å². The van der Waals surface area contributed by atoms with Crippen molar-refractivity contribution in [1.29, 1.82) is 0 Å². The van der Waals surface area contributed by atoms with Crippen molar-refractivity contribution in [1.82, 2.24) is 10.2 Å². The topological polar surface area (TPSA) is 28.4 Å². The Labute approximate surface area is 123 Å². The Bertz CT molecular complexity index is 367. The van der Waals surface area contributed by atoms with Crippen molar-refractivity contribution in [3.8, 4) is 0 Å². The van der Waals surface area contributed by atoms with E-state index in [1.165, 1.54) is 37.9 Å². The molecule has 1 aromatic rings. The lowest BCUT2D eigenvalue weighted by Crippen LogP contribution is -2.33. The average Bonchev–Trinajstić information content (AvgIpc) is 2.77. The van der Waals surface area contributed by atoms with Crippen molar-refractivity contribution in [3.63, 3.8) is 0 Å². The van der Waals surface area contributed by atoms with Gasteiger partial charge in [0.05, 0.1) is 12.5 Å². The van der Waals surface area contributed by atoms with Crippen LogP contribution in [-0.2, 0) is 6.54 Å². The SMILES string of the molecule is CC(C)(C)C1CCCN(CCNCc2ccoc2)CC1. The van der Waals surface area contributed by atoms with E-state index in [0.29, 0.717) is 5.41 Å². The Morgan fingerprint density at radius 1 is 1.30 bits per heavy atom. The van der Waals surface area contributed by atoms with Crippen LogP contribution in [-0.4, -0.2) is 31.1 Å². The summed E-state index contributed by atoms with van der Waals surface area (Å²) in [6, 6.07) is 2.02. The van der Waals surface area contributed by atoms with Gasteiger partial charge in [-0.3, -0.25) is 0 Å². The van der Waals surface area contributed by atoms with Crippen molar-refractivity contribution in [2.75, 3.05) is 26.2 Å². The van der Waals surface area contributed by atoms with Gasteiger partial charge in [-0.1, -0.05) is 20.8 Å². The smallest absolute Gasteiger partial charge is 0.0947 e. The fourth-order valence-corrected chi connectivity index (χ4v) is 3.11. The molecule has 20 heavy (non-hydrogen) atoms. The first-order valence-corrected chi connectivity index (χ1v) is 8.00. The summed E-state index contributed by atoms with van der Waals surface area (Å²) in [5.74, 6) is 0.881. The Kier molecular flexibility index (Phi) is 5.67. The molecule has 2 rings (SSSR count). The van der Waals surface area contributed by atoms with Crippen LogP contribution in [0, 0.1) is 11.3 Å². The van der Waals surface area contributed by atoms with Gasteiger partial charge in [-0.25, -0.2) is 0 Å². The maximum atomic E-state index is 5.07. The summed E-state index contributed by atoms with van der Waals surface area (Å²) in [7, 11) is 0. The third-order valence-corrected chi connectivity index (χ3v) is 4.56. The molecule has 1 N–H and O–H groups in total. The zero-order valence-electron chi connectivity index (χ0n) is 13.3. The molecule has 0 bridgehead atoms. The van der Waals surface area contributed by atoms with E-state index in [-0.39, 0.29) is 0 Å². The summed E-state index contributed by atoms with van der Waals surface area (Å²) in [6.45, 7) is 12.8. The van der Waals surface area contributed by atoms with E-state index >= 15 is 0 Å². The highest BCUT2D eigenvalue weighted by atomic mass is 16.3. The zero-order valence-corrected chi connectivity index (χ0v) is 13.3. The van der Waals surface area contributed by atoms with E-state index in [2.05, 4.69) is 31.0 Å². The monoisotopic (exact) mass is 278 g/mol. The predicted molar refractivity (Wildman–Crippen MR) is 83.7 cm³/mol. The molecule has 1 aliphatic heterocycles. The van der Waals surface area contributed by atoms with Crippen molar-refractivity contribution < 1.29 is 4.42 Å². The molecular weight excluding hydrogens is 248 g/mol. The molecule has 1 saturated heterocycles. The lowest BCUT2D eigenvalue weighted by Gasteiger charge is -2.29. The molecule has 0 amide bonds. The first kappa shape index (κ1) is 15.6. The van der Waals surface area contributed by atoms with Crippen LogP contribution in [0.1, 0.15) is 45.6 Å². The van der Waals surface area contributed by atoms with E-state index in [0.717, 1.165) is 25.6 Å². The number of hydrogen-bond acceptors (Lipinski definition) is 3. The van der Waals surface area contributed by atoms with Crippen LogP contribution in [0.2, 0.25) is 0 Å². The van der Waals surface area contributed by atoms with Crippen LogP contribution in [0.25, 0.3) is 0 Å². The quantitative estimate of drug-likeness (QED) is 0.835. The molecule has 3 heteroatoms. The van der Waals surface area contributed by atoms with Gasteiger partial charge in [0.25, 0.3) is 0 Å². The average molecular weight is 278 g/mol. The summed E-state index contributed by atoms with van der Waals surface area (Å²) < 4.78 is 5.07. The molecule has 0 radical (unpaired) electrons. The van der Waals surface area contributed by atoms with Crippen LogP contribution < -0.4 is 5.32 Å². The van der Waals surface area contributed by atoms with Crippen molar-refractivity contribution in [3.05, 3.63) is 24.2 Å². The van der Waals surface area contributed by atoms with E-state index in [9.17, 15) is 0 Å². The number of furan rings is 1. The molecule has 0 aromatic carbocycles. The number of rotatable bonds is 5. The van der Waals surface area contributed by atoms with Crippen LogP contribution in [0.5, 0.6) is 0 Å². The third kappa shape index (κ3) is 4.95. The molecule has 1 aromatic heterocycles. The second-order valence-electron chi connectivity index (χ2n) is 7.14. The minimum Gasteiger partial charge on any atom is -0.472 e. The van der Waals surface area contributed by atoms with Gasteiger partial charge in [0.15, 0.2) is 0 Å². The largest absolute Gasteiger partial charge is 0.472 e. The number of nitrogens with zero attached hydrogens (tertiary/aromatic N) is 1. The molecule has 0 saturated carbocycles. The van der Waals surface area contributed by atoms with Crippen LogP contribution in [0.15, 0.2) is 23.0 Å². The summed E-state index contributed by atoms with van der Waals surface area (Å²) in [6.07, 6.45) is 7.64. The van der Waals surface area contributed by atoms with Gasteiger partial charge in [0.1, 0.15) is 0 Å². The Hall–Kier alpha value is -0.800. The highest BCUT2D eigenvalue weighted by Crippen LogP contribution is 2.34. The van der Waals surface area contributed by atoms with Crippen molar-refractivity contribution in [2.24, 2.45) is 11.3 Å². The molecule has 1 unspecified atom stereocenters. The van der Waals surface area contributed by atoms with E-state index < -0.39 is 0 Å². The van der Waals surface area contributed by atoms with E-state index in [1.54, 1.807) is 6.26 Å². The number of nitrogens with one attached hydrogen (secondary N) is 1. The summed E-state index contributed by atoms with van der Waals surface area (Å²) in [4.78, 5) is 2.62. The minimum atomic E-state index is 0.468. The lowest BCUT2D eigenvalue weighted by atomic mass is 9.77. The first-order chi connectivity index (χ1) is 9.55. The molecule has 3 nitrogen and oxygen atoms in total. The minimum absolute atomic E-state index is 0.468. The van der Waals surface area contributed by atoms with Crippen molar-refractivity contribution in [2.45, 2.75) is 46.6 Å². The summed E-state index contributed by atoms with van der Waals surface area (Å²) in [5, 5.41) is 3.50. The normalized spacial score (nSPS) is 21.9. The van der Waals surface area contributed by atoms with Gasteiger partial charge in [0, 0.05) is 25.2 Å². The van der Waals surface area contributed by atoms with Crippen LogP contribution in [0.3, 0.4) is 0 Å². The van der Waals surface area contributed by atoms with Gasteiger partial charge < -0.3 is 14.6 Å². The Morgan fingerprint density at radius 2 is 2.15 bits per heavy atom. The Morgan fingerprint density at radius 3 is 2.85 bits per heavy atom. The Balaban J connectivity index is 1.64. The molecule has 2 heterocycles. The molecule has 1 aliphatic rings. The molecule has 1 fully saturated rings. The van der Waals surface area contributed by atoms with Crippen LogP contribution >= 0.6 is 0 Å². The van der Waals surface area contributed by atoms with Gasteiger partial charge in [-0.05, 0) is 49.8 Å². The van der Waals surface area contributed by atoms with E-state index in [4.69, 9.17) is 4.42 Å². The molecule has 1 atom stereocenters. The lowest BCUT2D eigenvalue weighted by molar-refractivity contribution is 0.208. The summed E-state index contributed by atoms with van der Waals surface area (Å²) >= 11 is 0. The predicted octanol–water partition coefficient (Wildman–Crippen LogP) is 3.52. The van der Waals surface area contributed by atoms with Gasteiger partial charge in [-0.2, -0.15) is 0 Å². The van der Waals surface area contributed by atoms with Gasteiger partial charge in [0.2, 0.25) is 0 Å². The highest BCUT2D eigenvalue weighted by Gasteiger charge is 2.26. The molecule has 0 spiro atoms. The first-order valence-electron chi connectivity index (χ1n) is 8.00. The standard InChI is InChI=1S/C17H30N2O/c1-17(2,3)16-5-4-9-19(10-6-16)11-8-18-13-15-7-12-20-14-15/h7,12,14,16,18H,4-6,8-11,13H2,1-3H3. The highest BCUT2D eigenvalue weighted by molar-refractivity contribution is 5.04. The van der Waals surface area contributed by atoms with Gasteiger partial charge in [-0.15, -0.1) is 0 Å². The zero-order chi connectivity index (χ0) is 14.4. The summed E-state index contributed by atoms with van der Waals surface area (Å²) in [5.41, 5.74) is 1.70. The van der Waals surface area contributed by atoms with Crippen LogP contribution in [0.4, 0.5) is 0 Å². The second kappa shape index (κ2) is 7.28. The second-order valence-corrected chi connectivity index (χ2v) is 7.14. The fraction of sp³-hybridized carbons (Fsp3) is 0.765. The molecule has 0 aliphatic carbocycles.